The number of aromatic amines is 1. The fourth-order valence-corrected chi connectivity index (χ4v) is 2.16. The van der Waals surface area contributed by atoms with E-state index in [9.17, 15) is 4.79 Å². The first-order valence-corrected chi connectivity index (χ1v) is 5.13. The minimum Gasteiger partial charge on any atom is -0.465 e. The SMILES string of the molecule is O=C(O)N[C@H]1CCC[C@H]1c1noc(=S)[nH]1. The van der Waals surface area contributed by atoms with Gasteiger partial charge in [0.15, 0.2) is 5.82 Å². The van der Waals surface area contributed by atoms with E-state index in [2.05, 4.69) is 15.5 Å². The van der Waals surface area contributed by atoms with Crippen molar-refractivity contribution in [3.8, 4) is 0 Å². The average molecular weight is 229 g/mol. The molecule has 1 aromatic heterocycles. The summed E-state index contributed by atoms with van der Waals surface area (Å²) < 4.78 is 4.76. The van der Waals surface area contributed by atoms with Gasteiger partial charge in [0, 0.05) is 12.0 Å². The van der Waals surface area contributed by atoms with E-state index in [1.807, 2.05) is 0 Å². The van der Waals surface area contributed by atoms with Crippen molar-refractivity contribution in [3.05, 3.63) is 10.7 Å². The van der Waals surface area contributed by atoms with Gasteiger partial charge in [0.05, 0.1) is 0 Å². The van der Waals surface area contributed by atoms with Crippen molar-refractivity contribution in [1.29, 1.82) is 0 Å². The minimum atomic E-state index is -1.01. The maximum atomic E-state index is 10.6. The molecule has 1 aromatic rings. The quantitative estimate of drug-likeness (QED) is 0.670. The molecule has 0 spiro atoms. The maximum Gasteiger partial charge on any atom is 0.404 e. The topological polar surface area (TPSA) is 91.2 Å². The van der Waals surface area contributed by atoms with Crippen LogP contribution in [0.3, 0.4) is 0 Å². The molecule has 0 bridgehead atoms. The Hall–Kier alpha value is -1.37. The fourth-order valence-electron chi connectivity index (χ4n) is 2.02. The van der Waals surface area contributed by atoms with Crippen LogP contribution in [0.5, 0.6) is 0 Å². The Morgan fingerprint density at radius 1 is 1.67 bits per heavy atom. The molecule has 2 atom stereocenters. The molecule has 7 heteroatoms. The number of hydrogen-bond acceptors (Lipinski definition) is 4. The maximum absolute atomic E-state index is 10.6. The fraction of sp³-hybridized carbons (Fsp3) is 0.625. The molecule has 2 rings (SSSR count). The van der Waals surface area contributed by atoms with Crippen LogP contribution in [0.15, 0.2) is 4.52 Å². The Morgan fingerprint density at radius 3 is 3.07 bits per heavy atom. The summed E-state index contributed by atoms with van der Waals surface area (Å²) in [6, 6.07) is -0.0988. The third kappa shape index (κ3) is 2.17. The van der Waals surface area contributed by atoms with Crippen molar-refractivity contribution in [2.24, 2.45) is 0 Å². The molecule has 1 amide bonds. The van der Waals surface area contributed by atoms with Gasteiger partial charge in [0.25, 0.3) is 4.84 Å². The lowest BCUT2D eigenvalue weighted by Crippen LogP contribution is -2.35. The summed E-state index contributed by atoms with van der Waals surface area (Å²) in [5.41, 5.74) is 0. The lowest BCUT2D eigenvalue weighted by molar-refractivity contribution is 0.188. The van der Waals surface area contributed by atoms with Crippen LogP contribution < -0.4 is 5.32 Å². The first-order valence-electron chi connectivity index (χ1n) is 4.72. The molecular formula is C8H11N3O3S. The molecule has 1 saturated carbocycles. The van der Waals surface area contributed by atoms with Crippen LogP contribution in [0, 0.1) is 4.84 Å². The van der Waals surface area contributed by atoms with Crippen molar-refractivity contribution >= 4 is 18.3 Å². The Kier molecular flexibility index (Phi) is 2.72. The highest BCUT2D eigenvalue weighted by molar-refractivity contribution is 7.71. The van der Waals surface area contributed by atoms with E-state index in [-0.39, 0.29) is 16.8 Å². The lowest BCUT2D eigenvalue weighted by atomic mass is 10.0. The highest BCUT2D eigenvalue weighted by atomic mass is 32.1. The summed E-state index contributed by atoms with van der Waals surface area (Å²) in [6.45, 7) is 0. The Balaban J connectivity index is 2.14. The van der Waals surface area contributed by atoms with Crippen LogP contribution in [0.2, 0.25) is 0 Å². The van der Waals surface area contributed by atoms with E-state index in [4.69, 9.17) is 21.8 Å². The second kappa shape index (κ2) is 4.01. The van der Waals surface area contributed by atoms with E-state index < -0.39 is 6.09 Å². The number of hydrogen-bond donors (Lipinski definition) is 3. The number of carboxylic acid groups (broad SMARTS) is 1. The van der Waals surface area contributed by atoms with Gasteiger partial charge in [-0.3, -0.25) is 4.98 Å². The van der Waals surface area contributed by atoms with Gasteiger partial charge in [-0.05, 0) is 25.1 Å². The van der Waals surface area contributed by atoms with Gasteiger partial charge in [0.1, 0.15) is 0 Å². The summed E-state index contributed by atoms with van der Waals surface area (Å²) in [7, 11) is 0. The van der Waals surface area contributed by atoms with Gasteiger partial charge in [-0.15, -0.1) is 0 Å². The summed E-state index contributed by atoms with van der Waals surface area (Å²) in [5.74, 6) is 0.679. The Bertz CT molecular complexity index is 413. The second-order valence-electron chi connectivity index (χ2n) is 3.57. The van der Waals surface area contributed by atoms with Gasteiger partial charge in [-0.2, -0.15) is 0 Å². The highest BCUT2D eigenvalue weighted by Gasteiger charge is 2.32. The summed E-state index contributed by atoms with van der Waals surface area (Å²) in [4.78, 5) is 13.6. The second-order valence-corrected chi connectivity index (χ2v) is 3.94. The number of amides is 1. The highest BCUT2D eigenvalue weighted by Crippen LogP contribution is 2.32. The number of nitrogens with one attached hydrogen (secondary N) is 2. The molecule has 1 heterocycles. The molecule has 0 aromatic carbocycles. The number of aromatic nitrogens is 2. The monoisotopic (exact) mass is 229 g/mol. The van der Waals surface area contributed by atoms with Crippen molar-refractivity contribution in [2.75, 3.05) is 0 Å². The van der Waals surface area contributed by atoms with Crippen LogP contribution in [-0.2, 0) is 0 Å². The van der Waals surface area contributed by atoms with Crippen molar-refractivity contribution in [3.63, 3.8) is 0 Å². The lowest BCUT2D eigenvalue weighted by Gasteiger charge is -2.16. The van der Waals surface area contributed by atoms with Crippen LogP contribution in [-0.4, -0.2) is 27.4 Å². The van der Waals surface area contributed by atoms with E-state index in [0.29, 0.717) is 5.82 Å². The van der Waals surface area contributed by atoms with Crippen molar-refractivity contribution < 1.29 is 14.4 Å². The number of nitrogens with zero attached hydrogens (tertiary/aromatic N) is 1. The smallest absolute Gasteiger partial charge is 0.404 e. The molecule has 1 aliphatic rings. The van der Waals surface area contributed by atoms with Crippen LogP contribution in [0.25, 0.3) is 0 Å². The first-order chi connectivity index (χ1) is 7.16. The number of rotatable bonds is 2. The molecule has 0 aliphatic heterocycles. The predicted molar refractivity (Wildman–Crippen MR) is 53.2 cm³/mol. The molecule has 0 unspecified atom stereocenters. The van der Waals surface area contributed by atoms with Gasteiger partial charge >= 0.3 is 6.09 Å². The van der Waals surface area contributed by atoms with Crippen LogP contribution in [0.4, 0.5) is 4.79 Å². The van der Waals surface area contributed by atoms with E-state index in [1.165, 1.54) is 0 Å². The molecule has 0 radical (unpaired) electrons. The van der Waals surface area contributed by atoms with Crippen LogP contribution in [0.1, 0.15) is 31.0 Å². The average Bonchev–Trinajstić information content (AvgIpc) is 2.72. The largest absolute Gasteiger partial charge is 0.465 e. The van der Waals surface area contributed by atoms with E-state index >= 15 is 0 Å². The molecule has 1 aliphatic carbocycles. The number of carbonyl (C=O) groups is 1. The van der Waals surface area contributed by atoms with Gasteiger partial charge in [0.2, 0.25) is 0 Å². The zero-order chi connectivity index (χ0) is 10.8. The molecule has 15 heavy (non-hydrogen) atoms. The van der Waals surface area contributed by atoms with Crippen LogP contribution >= 0.6 is 12.2 Å². The summed E-state index contributed by atoms with van der Waals surface area (Å²) >= 11 is 4.77. The zero-order valence-electron chi connectivity index (χ0n) is 7.90. The first kappa shape index (κ1) is 10.2. The minimum absolute atomic E-state index is 0.0431. The normalized spacial score (nSPS) is 25.3. The molecule has 82 valence electrons. The zero-order valence-corrected chi connectivity index (χ0v) is 8.71. The molecular weight excluding hydrogens is 218 g/mol. The molecule has 1 fully saturated rings. The van der Waals surface area contributed by atoms with E-state index in [0.717, 1.165) is 19.3 Å². The van der Waals surface area contributed by atoms with Crippen molar-refractivity contribution in [1.82, 2.24) is 15.5 Å². The summed E-state index contributed by atoms with van der Waals surface area (Å²) in [6.07, 6.45) is 1.69. The van der Waals surface area contributed by atoms with E-state index in [1.54, 1.807) is 0 Å². The third-order valence-electron chi connectivity index (χ3n) is 2.63. The van der Waals surface area contributed by atoms with Gasteiger partial charge in [-0.1, -0.05) is 11.6 Å². The molecule has 6 nitrogen and oxygen atoms in total. The Morgan fingerprint density at radius 2 is 2.47 bits per heavy atom. The third-order valence-corrected chi connectivity index (χ3v) is 2.81. The van der Waals surface area contributed by atoms with Gasteiger partial charge < -0.3 is 14.9 Å². The summed E-state index contributed by atoms with van der Waals surface area (Å²) in [5, 5.41) is 14.9. The molecule has 3 N–H and O–H groups in total. The predicted octanol–water partition coefficient (Wildman–Crippen LogP) is 1.64. The number of H-pyrrole nitrogens is 1. The van der Waals surface area contributed by atoms with Crippen molar-refractivity contribution in [2.45, 2.75) is 31.2 Å². The molecule has 0 saturated heterocycles. The standard InChI is InChI=1S/C8H11N3O3S/c12-7(13)9-5-3-1-2-4(5)6-10-8(15)14-11-6/h4-5,9H,1-3H2,(H,12,13)(H,10,11,15)/t4-,5+/m1/s1. The Labute approximate surface area is 90.7 Å². The van der Waals surface area contributed by atoms with Gasteiger partial charge in [-0.25, -0.2) is 4.79 Å².